The smallest absolute Gasteiger partial charge is 0.243 e. The van der Waals surface area contributed by atoms with E-state index in [1.54, 1.807) is 11.6 Å². The van der Waals surface area contributed by atoms with Crippen LogP contribution in [0.15, 0.2) is 22.8 Å². The molecule has 0 saturated heterocycles. The van der Waals surface area contributed by atoms with E-state index >= 15 is 0 Å². The number of aliphatic hydroxyl groups is 1. The molecule has 7 heteroatoms. The summed E-state index contributed by atoms with van der Waals surface area (Å²) in [6.45, 7) is 0.631. The minimum absolute atomic E-state index is 0.282. The normalized spacial score (nSPS) is 12.9. The second-order valence-corrected chi connectivity index (χ2v) is 4.40. The van der Waals surface area contributed by atoms with Crippen LogP contribution in [0.5, 0.6) is 0 Å². The van der Waals surface area contributed by atoms with Gasteiger partial charge in [-0.1, -0.05) is 0 Å². The van der Waals surface area contributed by atoms with E-state index in [1.165, 1.54) is 0 Å². The Morgan fingerprint density at radius 3 is 3.18 bits per heavy atom. The van der Waals surface area contributed by atoms with Crippen LogP contribution in [0.4, 0.5) is 5.95 Å². The number of aliphatic hydroxyl groups excluding tert-OH is 1. The summed E-state index contributed by atoms with van der Waals surface area (Å²) in [6.07, 6.45) is 1.24. The summed E-state index contributed by atoms with van der Waals surface area (Å²) >= 11 is 3.39. The van der Waals surface area contributed by atoms with Gasteiger partial charge in [-0.05, 0) is 28.1 Å². The molecular formula is C10H13BrN4O2. The second-order valence-electron chi connectivity index (χ2n) is 3.55. The molecule has 1 unspecified atom stereocenters. The summed E-state index contributed by atoms with van der Waals surface area (Å²) < 4.78 is 7.36. The fraction of sp³-hybridized carbons (Fsp3) is 0.400. The van der Waals surface area contributed by atoms with Crippen LogP contribution in [0.3, 0.4) is 0 Å². The molecule has 6 nitrogen and oxygen atoms in total. The van der Waals surface area contributed by atoms with Crippen LogP contribution in [-0.4, -0.2) is 46.1 Å². The Morgan fingerprint density at radius 1 is 1.65 bits per heavy atom. The van der Waals surface area contributed by atoms with Crippen molar-refractivity contribution >= 4 is 27.5 Å². The lowest BCUT2D eigenvalue weighted by Gasteiger charge is -2.08. The number of nitrogens with one attached hydrogen (secondary N) is 1. The first kappa shape index (κ1) is 12.3. The third kappa shape index (κ3) is 2.93. The van der Waals surface area contributed by atoms with Gasteiger partial charge in [-0.25, -0.2) is 4.52 Å². The molecule has 0 amide bonds. The van der Waals surface area contributed by atoms with E-state index < -0.39 is 6.10 Å². The topological polar surface area (TPSA) is 71.7 Å². The number of hydrogen-bond acceptors (Lipinski definition) is 5. The largest absolute Gasteiger partial charge is 0.389 e. The predicted octanol–water partition coefficient (Wildman–Crippen LogP) is 0.911. The highest BCUT2D eigenvalue weighted by Gasteiger charge is 2.08. The number of pyridine rings is 1. The third-order valence-electron chi connectivity index (χ3n) is 2.17. The predicted molar refractivity (Wildman–Crippen MR) is 67.1 cm³/mol. The van der Waals surface area contributed by atoms with Crippen LogP contribution in [0, 0.1) is 0 Å². The Morgan fingerprint density at radius 2 is 2.47 bits per heavy atom. The van der Waals surface area contributed by atoms with E-state index in [0.29, 0.717) is 12.5 Å². The minimum atomic E-state index is -0.574. The lowest BCUT2D eigenvalue weighted by Crippen LogP contribution is -2.24. The molecule has 0 aliphatic rings. The minimum Gasteiger partial charge on any atom is -0.389 e. The van der Waals surface area contributed by atoms with Crippen molar-refractivity contribution in [3.8, 4) is 0 Å². The third-order valence-corrected chi connectivity index (χ3v) is 2.79. The van der Waals surface area contributed by atoms with Gasteiger partial charge in [-0.3, -0.25) is 0 Å². The number of ether oxygens (including phenoxy) is 1. The molecule has 2 N–H and O–H groups in total. The summed E-state index contributed by atoms with van der Waals surface area (Å²) in [5.74, 6) is 0.479. The molecule has 2 heterocycles. The van der Waals surface area contributed by atoms with E-state index in [-0.39, 0.29) is 6.61 Å². The number of halogens is 1. The maximum absolute atomic E-state index is 9.48. The highest BCUT2D eigenvalue weighted by molar-refractivity contribution is 9.10. The van der Waals surface area contributed by atoms with Crippen molar-refractivity contribution in [3.05, 3.63) is 22.8 Å². The van der Waals surface area contributed by atoms with Gasteiger partial charge in [0, 0.05) is 19.9 Å². The van der Waals surface area contributed by atoms with Gasteiger partial charge in [0.15, 0.2) is 5.65 Å². The first-order valence-electron chi connectivity index (χ1n) is 5.12. The maximum atomic E-state index is 9.48. The van der Waals surface area contributed by atoms with Gasteiger partial charge in [0.1, 0.15) is 0 Å². The molecule has 2 rings (SSSR count). The van der Waals surface area contributed by atoms with Crippen molar-refractivity contribution in [2.75, 3.05) is 25.6 Å². The van der Waals surface area contributed by atoms with Crippen molar-refractivity contribution in [2.24, 2.45) is 0 Å². The summed E-state index contributed by atoms with van der Waals surface area (Å²) in [4.78, 5) is 4.29. The van der Waals surface area contributed by atoms with Crippen molar-refractivity contribution < 1.29 is 9.84 Å². The Bertz CT molecular complexity index is 502. The van der Waals surface area contributed by atoms with E-state index in [0.717, 1.165) is 10.1 Å². The van der Waals surface area contributed by atoms with Crippen molar-refractivity contribution in [1.82, 2.24) is 14.6 Å². The first-order chi connectivity index (χ1) is 8.20. The fourth-order valence-electron chi connectivity index (χ4n) is 1.41. The lowest BCUT2D eigenvalue weighted by atomic mass is 10.4. The van der Waals surface area contributed by atoms with E-state index in [4.69, 9.17) is 4.74 Å². The van der Waals surface area contributed by atoms with E-state index in [2.05, 4.69) is 31.3 Å². The van der Waals surface area contributed by atoms with Crippen LogP contribution in [0.2, 0.25) is 0 Å². The number of aromatic nitrogens is 3. The van der Waals surface area contributed by atoms with Crippen molar-refractivity contribution in [1.29, 1.82) is 0 Å². The average molecular weight is 301 g/mol. The molecule has 0 radical (unpaired) electrons. The summed E-state index contributed by atoms with van der Waals surface area (Å²) in [5.41, 5.74) is 0.733. The molecule has 0 spiro atoms. The molecule has 2 aromatic heterocycles. The molecule has 0 bridgehead atoms. The number of nitrogens with zero attached hydrogens (tertiary/aromatic N) is 3. The zero-order valence-corrected chi connectivity index (χ0v) is 10.9. The Hall–Kier alpha value is -1.18. The van der Waals surface area contributed by atoms with Gasteiger partial charge in [-0.15, -0.1) is 5.10 Å². The van der Waals surface area contributed by atoms with Gasteiger partial charge >= 0.3 is 0 Å². The summed E-state index contributed by atoms with van der Waals surface area (Å²) in [7, 11) is 1.55. The molecule has 17 heavy (non-hydrogen) atoms. The van der Waals surface area contributed by atoms with Crippen LogP contribution in [-0.2, 0) is 4.74 Å². The molecular weight excluding hydrogens is 288 g/mol. The molecule has 0 aromatic carbocycles. The summed E-state index contributed by atoms with van der Waals surface area (Å²) in [6, 6.07) is 3.77. The van der Waals surface area contributed by atoms with Crippen LogP contribution < -0.4 is 5.32 Å². The standard InChI is InChI=1S/C10H13BrN4O2/c1-17-6-7(16)5-12-10-13-9-8(11)3-2-4-15(9)14-10/h2-4,7,16H,5-6H2,1H3,(H,12,14). The Kier molecular flexibility index (Phi) is 3.93. The van der Waals surface area contributed by atoms with Crippen LogP contribution in [0.25, 0.3) is 5.65 Å². The van der Waals surface area contributed by atoms with Gasteiger partial charge in [0.25, 0.3) is 0 Å². The van der Waals surface area contributed by atoms with Crippen molar-refractivity contribution in [3.63, 3.8) is 0 Å². The number of rotatable bonds is 5. The molecule has 0 aliphatic heterocycles. The molecule has 2 aromatic rings. The fourth-order valence-corrected chi connectivity index (χ4v) is 1.83. The number of hydrogen-bond donors (Lipinski definition) is 2. The molecule has 1 atom stereocenters. The number of methoxy groups -OCH3 is 1. The zero-order chi connectivity index (χ0) is 12.3. The SMILES string of the molecule is COCC(O)CNc1nc2c(Br)cccn2n1. The van der Waals surface area contributed by atoms with E-state index in [1.807, 2.05) is 18.3 Å². The number of anilines is 1. The van der Waals surface area contributed by atoms with E-state index in [9.17, 15) is 5.11 Å². The number of fused-ring (bicyclic) bond motifs is 1. The van der Waals surface area contributed by atoms with Gasteiger partial charge in [0.2, 0.25) is 5.95 Å². The van der Waals surface area contributed by atoms with Crippen LogP contribution in [0.1, 0.15) is 0 Å². The van der Waals surface area contributed by atoms with Gasteiger partial charge in [-0.2, -0.15) is 4.98 Å². The maximum Gasteiger partial charge on any atom is 0.243 e. The first-order valence-corrected chi connectivity index (χ1v) is 5.92. The molecule has 0 fully saturated rings. The van der Waals surface area contributed by atoms with Crippen LogP contribution >= 0.6 is 15.9 Å². The Labute approximate surface area is 107 Å². The Balaban J connectivity index is 2.07. The highest BCUT2D eigenvalue weighted by Crippen LogP contribution is 2.16. The second kappa shape index (κ2) is 5.44. The van der Waals surface area contributed by atoms with Gasteiger partial charge in [0.05, 0.1) is 17.2 Å². The zero-order valence-electron chi connectivity index (χ0n) is 9.30. The van der Waals surface area contributed by atoms with Crippen molar-refractivity contribution in [2.45, 2.75) is 6.10 Å². The monoisotopic (exact) mass is 300 g/mol. The molecule has 0 aliphatic carbocycles. The highest BCUT2D eigenvalue weighted by atomic mass is 79.9. The molecule has 0 saturated carbocycles. The average Bonchev–Trinajstić information content (AvgIpc) is 2.71. The lowest BCUT2D eigenvalue weighted by molar-refractivity contribution is 0.0726. The quantitative estimate of drug-likeness (QED) is 0.859. The summed E-state index contributed by atoms with van der Waals surface area (Å²) in [5, 5.41) is 16.7. The van der Waals surface area contributed by atoms with Gasteiger partial charge < -0.3 is 15.2 Å². The molecule has 92 valence electrons.